The van der Waals surface area contributed by atoms with Crippen LogP contribution in [0.2, 0.25) is 0 Å². The highest BCUT2D eigenvalue weighted by Crippen LogP contribution is 2.07. The molecule has 14 heavy (non-hydrogen) atoms. The summed E-state index contributed by atoms with van der Waals surface area (Å²) in [6.45, 7) is 4.44. The quantitative estimate of drug-likeness (QED) is 0.553. The fourth-order valence-electron chi connectivity index (χ4n) is 1.76. The minimum atomic E-state index is 0.323. The summed E-state index contributed by atoms with van der Waals surface area (Å²) in [5.74, 6) is 0. The average Bonchev–Trinajstić information content (AvgIpc) is 2.20. The summed E-state index contributed by atoms with van der Waals surface area (Å²) >= 11 is 0. The van der Waals surface area contributed by atoms with Crippen LogP contribution in [0.1, 0.15) is 39.0 Å². The van der Waals surface area contributed by atoms with E-state index in [0.717, 1.165) is 32.4 Å². The normalized spacial score (nSPS) is 13.5. The zero-order valence-corrected chi connectivity index (χ0v) is 9.71. The average molecular weight is 202 g/mol. The van der Waals surface area contributed by atoms with E-state index in [9.17, 15) is 0 Å². The molecule has 0 aromatic heterocycles. The largest absolute Gasteiger partial charge is 0.396 e. The van der Waals surface area contributed by atoms with Gasteiger partial charge in [-0.25, -0.2) is 0 Å². The Balaban J connectivity index is 3.52. The van der Waals surface area contributed by atoms with Crippen molar-refractivity contribution in [3.63, 3.8) is 0 Å². The first-order valence-electron chi connectivity index (χ1n) is 5.77. The Morgan fingerprint density at radius 2 is 2.00 bits per heavy atom. The van der Waals surface area contributed by atoms with Crippen molar-refractivity contribution in [3.05, 3.63) is 0 Å². The van der Waals surface area contributed by atoms with Crippen molar-refractivity contribution in [2.45, 2.75) is 45.1 Å². The van der Waals surface area contributed by atoms with Crippen molar-refractivity contribution in [2.75, 3.05) is 26.7 Å². The molecule has 0 saturated heterocycles. The lowest BCUT2D eigenvalue weighted by Crippen LogP contribution is -2.33. The molecule has 0 aliphatic heterocycles. The molecule has 0 radical (unpaired) electrons. The summed E-state index contributed by atoms with van der Waals surface area (Å²) < 4.78 is 0. The fourth-order valence-corrected chi connectivity index (χ4v) is 1.76. The Bertz CT molecular complexity index is 120. The molecule has 1 unspecified atom stereocenters. The first kappa shape index (κ1) is 13.9. The molecule has 3 N–H and O–H groups in total. The van der Waals surface area contributed by atoms with Crippen molar-refractivity contribution < 1.29 is 5.11 Å². The summed E-state index contributed by atoms with van der Waals surface area (Å²) in [5, 5.41) is 8.64. The third-order valence-electron chi connectivity index (χ3n) is 2.76. The molecule has 3 heteroatoms. The van der Waals surface area contributed by atoms with Crippen LogP contribution in [0.5, 0.6) is 0 Å². The summed E-state index contributed by atoms with van der Waals surface area (Å²) in [5.41, 5.74) is 5.56. The molecule has 3 nitrogen and oxygen atoms in total. The summed E-state index contributed by atoms with van der Waals surface area (Å²) in [6.07, 6.45) is 5.50. The maximum atomic E-state index is 8.64. The fraction of sp³-hybridized carbons (Fsp3) is 1.00. The van der Waals surface area contributed by atoms with Gasteiger partial charge in [-0.3, -0.25) is 0 Å². The molecule has 0 spiro atoms. The number of aliphatic hydroxyl groups is 1. The highest BCUT2D eigenvalue weighted by molar-refractivity contribution is 4.67. The smallest absolute Gasteiger partial charge is 0.0431 e. The number of unbranched alkanes of at least 4 members (excludes halogenated alkanes) is 2. The van der Waals surface area contributed by atoms with Crippen molar-refractivity contribution in [1.29, 1.82) is 0 Å². The van der Waals surface area contributed by atoms with Gasteiger partial charge in [0.1, 0.15) is 0 Å². The molecule has 0 heterocycles. The van der Waals surface area contributed by atoms with Gasteiger partial charge in [-0.05, 0) is 52.2 Å². The van der Waals surface area contributed by atoms with Crippen LogP contribution in [0.3, 0.4) is 0 Å². The second-order valence-corrected chi connectivity index (χ2v) is 3.90. The van der Waals surface area contributed by atoms with E-state index < -0.39 is 0 Å². The number of hydrogen-bond acceptors (Lipinski definition) is 3. The molecular weight excluding hydrogens is 176 g/mol. The van der Waals surface area contributed by atoms with Gasteiger partial charge in [0.2, 0.25) is 0 Å². The van der Waals surface area contributed by atoms with Crippen molar-refractivity contribution in [1.82, 2.24) is 4.90 Å². The highest BCUT2D eigenvalue weighted by atomic mass is 16.2. The van der Waals surface area contributed by atoms with Gasteiger partial charge in [0.05, 0.1) is 0 Å². The Labute approximate surface area is 88.3 Å². The maximum absolute atomic E-state index is 8.64. The van der Waals surface area contributed by atoms with Gasteiger partial charge in [0.15, 0.2) is 0 Å². The SMILES string of the molecule is CCC(CCN)N(C)CCCCCO. The van der Waals surface area contributed by atoms with E-state index in [1.54, 1.807) is 0 Å². The Kier molecular flexibility index (Phi) is 9.35. The van der Waals surface area contributed by atoms with Crippen LogP contribution in [0.15, 0.2) is 0 Å². The van der Waals surface area contributed by atoms with Crippen LogP contribution in [-0.2, 0) is 0 Å². The second kappa shape index (κ2) is 9.44. The van der Waals surface area contributed by atoms with E-state index in [-0.39, 0.29) is 0 Å². The van der Waals surface area contributed by atoms with Crippen LogP contribution in [0.4, 0.5) is 0 Å². The number of nitrogens with zero attached hydrogens (tertiary/aromatic N) is 1. The molecule has 0 fully saturated rings. The molecule has 0 aliphatic carbocycles. The molecule has 0 aromatic rings. The van der Waals surface area contributed by atoms with E-state index in [0.29, 0.717) is 12.6 Å². The predicted molar refractivity (Wildman–Crippen MR) is 61.3 cm³/mol. The molecule has 0 bridgehead atoms. The molecule has 0 saturated carbocycles. The number of aliphatic hydroxyl groups excluding tert-OH is 1. The van der Waals surface area contributed by atoms with Crippen molar-refractivity contribution in [2.24, 2.45) is 5.73 Å². The third-order valence-corrected chi connectivity index (χ3v) is 2.76. The summed E-state index contributed by atoms with van der Waals surface area (Å²) in [6, 6.07) is 0.633. The lowest BCUT2D eigenvalue weighted by atomic mass is 10.1. The van der Waals surface area contributed by atoms with Crippen LogP contribution < -0.4 is 5.73 Å². The second-order valence-electron chi connectivity index (χ2n) is 3.90. The predicted octanol–water partition coefficient (Wildman–Crippen LogP) is 1.21. The Morgan fingerprint density at radius 1 is 1.29 bits per heavy atom. The van der Waals surface area contributed by atoms with Gasteiger partial charge in [-0.15, -0.1) is 0 Å². The summed E-state index contributed by atoms with van der Waals surface area (Å²) in [4.78, 5) is 2.39. The monoisotopic (exact) mass is 202 g/mol. The van der Waals surface area contributed by atoms with E-state index in [1.807, 2.05) is 0 Å². The molecule has 1 atom stereocenters. The lowest BCUT2D eigenvalue weighted by molar-refractivity contribution is 0.217. The van der Waals surface area contributed by atoms with Crippen LogP contribution in [0.25, 0.3) is 0 Å². The number of hydrogen-bond donors (Lipinski definition) is 2. The highest BCUT2D eigenvalue weighted by Gasteiger charge is 2.10. The van der Waals surface area contributed by atoms with Crippen molar-refractivity contribution >= 4 is 0 Å². The Hall–Kier alpha value is -0.120. The van der Waals surface area contributed by atoms with E-state index >= 15 is 0 Å². The molecule has 86 valence electrons. The van der Waals surface area contributed by atoms with Crippen molar-refractivity contribution in [3.8, 4) is 0 Å². The molecule has 0 rings (SSSR count). The topological polar surface area (TPSA) is 49.5 Å². The van der Waals surface area contributed by atoms with Crippen LogP contribution in [-0.4, -0.2) is 42.8 Å². The van der Waals surface area contributed by atoms with E-state index in [4.69, 9.17) is 10.8 Å². The summed E-state index contributed by atoms with van der Waals surface area (Å²) in [7, 11) is 2.17. The zero-order chi connectivity index (χ0) is 10.8. The third kappa shape index (κ3) is 6.35. The van der Waals surface area contributed by atoms with Gasteiger partial charge in [0.25, 0.3) is 0 Å². The minimum absolute atomic E-state index is 0.323. The minimum Gasteiger partial charge on any atom is -0.396 e. The molecule has 0 aromatic carbocycles. The zero-order valence-electron chi connectivity index (χ0n) is 9.71. The van der Waals surface area contributed by atoms with Gasteiger partial charge < -0.3 is 15.7 Å². The van der Waals surface area contributed by atoms with E-state index in [1.165, 1.54) is 12.8 Å². The van der Waals surface area contributed by atoms with E-state index in [2.05, 4.69) is 18.9 Å². The van der Waals surface area contributed by atoms with Gasteiger partial charge >= 0.3 is 0 Å². The number of rotatable bonds is 9. The molecular formula is C11H26N2O. The Morgan fingerprint density at radius 3 is 2.50 bits per heavy atom. The first-order chi connectivity index (χ1) is 6.76. The molecule has 0 amide bonds. The van der Waals surface area contributed by atoms with Crippen LogP contribution >= 0.6 is 0 Å². The molecule has 0 aliphatic rings. The van der Waals surface area contributed by atoms with Gasteiger partial charge in [-0.1, -0.05) is 6.92 Å². The van der Waals surface area contributed by atoms with Crippen LogP contribution in [0, 0.1) is 0 Å². The maximum Gasteiger partial charge on any atom is 0.0431 e. The van der Waals surface area contributed by atoms with Gasteiger partial charge in [-0.2, -0.15) is 0 Å². The van der Waals surface area contributed by atoms with Gasteiger partial charge in [0, 0.05) is 12.6 Å². The number of nitrogens with two attached hydrogens (primary N) is 1. The standard InChI is InChI=1S/C11H26N2O/c1-3-11(7-8-12)13(2)9-5-4-6-10-14/h11,14H,3-10,12H2,1-2H3. The lowest BCUT2D eigenvalue weighted by Gasteiger charge is -2.26. The first-order valence-corrected chi connectivity index (χ1v) is 5.77.